The number of aromatic nitrogens is 3. The molecule has 2 aliphatic rings. The molecule has 4 rings (SSSR count). The fraction of sp³-hybridized carbons (Fsp3) is 0.600. The molecule has 22 heavy (non-hydrogen) atoms. The molecule has 2 aromatic heterocycles. The van der Waals surface area contributed by atoms with Crippen molar-refractivity contribution in [1.29, 1.82) is 0 Å². The molecule has 3 heterocycles. The lowest BCUT2D eigenvalue weighted by Gasteiger charge is -2.39. The molecule has 7 heteroatoms. The van der Waals surface area contributed by atoms with Crippen LogP contribution in [0.1, 0.15) is 17.7 Å². The standard InChI is InChI=1S/C15H21N5O2/c1-18-5-7-19(8-6-18)11-2-3-13-12(10-11)14(21)20(17-13)15-16-4-9-22-15/h4,9,11,21H,2-3,5-8,10H2,1H3. The lowest BCUT2D eigenvalue weighted by Crippen LogP contribution is -2.50. The second-order valence-electron chi connectivity index (χ2n) is 6.21. The van der Waals surface area contributed by atoms with E-state index in [9.17, 15) is 5.11 Å². The molecule has 1 atom stereocenters. The van der Waals surface area contributed by atoms with Gasteiger partial charge in [-0.3, -0.25) is 4.90 Å². The van der Waals surface area contributed by atoms with Crippen molar-refractivity contribution < 1.29 is 9.52 Å². The highest BCUT2D eigenvalue weighted by Gasteiger charge is 2.31. The van der Waals surface area contributed by atoms with Crippen LogP contribution in [0.15, 0.2) is 16.9 Å². The molecule has 0 aromatic carbocycles. The van der Waals surface area contributed by atoms with Gasteiger partial charge >= 0.3 is 6.01 Å². The van der Waals surface area contributed by atoms with Gasteiger partial charge in [-0.1, -0.05) is 0 Å². The topological polar surface area (TPSA) is 70.6 Å². The third-order valence-corrected chi connectivity index (χ3v) is 4.85. The Morgan fingerprint density at radius 1 is 1.27 bits per heavy atom. The van der Waals surface area contributed by atoms with Gasteiger partial charge in [0.2, 0.25) is 5.88 Å². The van der Waals surface area contributed by atoms with E-state index in [1.165, 1.54) is 10.9 Å². The monoisotopic (exact) mass is 303 g/mol. The third kappa shape index (κ3) is 2.30. The molecule has 1 aliphatic heterocycles. The van der Waals surface area contributed by atoms with Crippen LogP contribution in [-0.2, 0) is 12.8 Å². The summed E-state index contributed by atoms with van der Waals surface area (Å²) in [5, 5.41) is 14.9. The highest BCUT2D eigenvalue weighted by molar-refractivity contribution is 5.37. The summed E-state index contributed by atoms with van der Waals surface area (Å²) in [5.41, 5.74) is 1.93. The zero-order valence-electron chi connectivity index (χ0n) is 12.8. The number of aromatic hydroxyl groups is 1. The van der Waals surface area contributed by atoms with E-state index in [4.69, 9.17) is 4.42 Å². The van der Waals surface area contributed by atoms with Gasteiger partial charge in [0.25, 0.3) is 0 Å². The predicted molar refractivity (Wildman–Crippen MR) is 80.2 cm³/mol. The van der Waals surface area contributed by atoms with Crippen LogP contribution in [0.5, 0.6) is 5.88 Å². The molecule has 0 bridgehead atoms. The molecular weight excluding hydrogens is 282 g/mol. The molecule has 0 amide bonds. The van der Waals surface area contributed by atoms with Crippen molar-refractivity contribution in [3.8, 4) is 11.9 Å². The Morgan fingerprint density at radius 3 is 2.82 bits per heavy atom. The van der Waals surface area contributed by atoms with Crippen LogP contribution in [0.3, 0.4) is 0 Å². The van der Waals surface area contributed by atoms with Gasteiger partial charge in [-0.25, -0.2) is 4.98 Å². The van der Waals surface area contributed by atoms with E-state index >= 15 is 0 Å². The number of hydrogen-bond acceptors (Lipinski definition) is 6. The van der Waals surface area contributed by atoms with Crippen molar-refractivity contribution in [2.75, 3.05) is 33.2 Å². The first kappa shape index (κ1) is 13.8. The fourth-order valence-electron chi connectivity index (χ4n) is 3.49. The summed E-state index contributed by atoms with van der Waals surface area (Å²) < 4.78 is 6.66. The van der Waals surface area contributed by atoms with Gasteiger partial charge in [0, 0.05) is 37.8 Å². The van der Waals surface area contributed by atoms with Crippen LogP contribution < -0.4 is 0 Å². The van der Waals surface area contributed by atoms with Crippen molar-refractivity contribution in [2.24, 2.45) is 0 Å². The number of likely N-dealkylation sites (N-methyl/N-ethyl adjacent to an activating group) is 1. The number of fused-ring (bicyclic) bond motifs is 1. The van der Waals surface area contributed by atoms with Gasteiger partial charge in [0.05, 0.1) is 11.9 Å². The quantitative estimate of drug-likeness (QED) is 0.879. The normalized spacial score (nSPS) is 23.6. The minimum absolute atomic E-state index is 0.177. The Morgan fingerprint density at radius 2 is 2.09 bits per heavy atom. The van der Waals surface area contributed by atoms with Crippen molar-refractivity contribution in [2.45, 2.75) is 25.3 Å². The number of nitrogens with zero attached hydrogens (tertiary/aromatic N) is 5. The zero-order valence-corrected chi connectivity index (χ0v) is 12.8. The summed E-state index contributed by atoms with van der Waals surface area (Å²) in [6.45, 7) is 4.44. The molecule has 0 saturated carbocycles. The maximum Gasteiger partial charge on any atom is 0.325 e. The van der Waals surface area contributed by atoms with Gasteiger partial charge in [0.15, 0.2) is 0 Å². The van der Waals surface area contributed by atoms with Gasteiger partial charge in [-0.2, -0.15) is 5.10 Å². The molecule has 1 saturated heterocycles. The molecule has 1 unspecified atom stereocenters. The molecule has 0 spiro atoms. The first-order valence-corrected chi connectivity index (χ1v) is 7.84. The van der Waals surface area contributed by atoms with E-state index < -0.39 is 0 Å². The van der Waals surface area contributed by atoms with Gasteiger partial charge in [0.1, 0.15) is 6.26 Å². The number of piperazine rings is 1. The van der Waals surface area contributed by atoms with Gasteiger partial charge in [-0.05, 0) is 26.3 Å². The van der Waals surface area contributed by atoms with Crippen molar-refractivity contribution in [3.63, 3.8) is 0 Å². The number of hydrogen-bond donors (Lipinski definition) is 1. The van der Waals surface area contributed by atoms with Crippen molar-refractivity contribution in [3.05, 3.63) is 23.7 Å². The summed E-state index contributed by atoms with van der Waals surface area (Å²) in [5.74, 6) is 0.177. The number of rotatable bonds is 2. The van der Waals surface area contributed by atoms with E-state index in [1.807, 2.05) is 0 Å². The molecule has 1 fully saturated rings. The van der Waals surface area contributed by atoms with Crippen LogP contribution in [0.4, 0.5) is 0 Å². The molecule has 1 N–H and O–H groups in total. The Bertz CT molecular complexity index is 643. The molecule has 7 nitrogen and oxygen atoms in total. The first-order valence-electron chi connectivity index (χ1n) is 7.84. The van der Waals surface area contributed by atoms with Crippen molar-refractivity contribution >= 4 is 0 Å². The summed E-state index contributed by atoms with van der Waals surface area (Å²) in [6.07, 6.45) is 5.89. The lowest BCUT2D eigenvalue weighted by atomic mass is 9.91. The first-order chi connectivity index (χ1) is 10.7. The Hall–Kier alpha value is -1.86. The molecular formula is C15H21N5O2. The van der Waals surface area contributed by atoms with E-state index in [2.05, 4.69) is 26.9 Å². The van der Waals surface area contributed by atoms with E-state index in [0.717, 1.165) is 56.7 Å². The molecule has 0 radical (unpaired) electrons. The molecule has 1 aliphatic carbocycles. The van der Waals surface area contributed by atoms with Crippen LogP contribution >= 0.6 is 0 Å². The van der Waals surface area contributed by atoms with E-state index in [0.29, 0.717) is 12.1 Å². The van der Waals surface area contributed by atoms with Crippen LogP contribution in [0, 0.1) is 0 Å². The highest BCUT2D eigenvalue weighted by atomic mass is 16.4. The number of aryl methyl sites for hydroxylation is 1. The summed E-state index contributed by atoms with van der Waals surface area (Å²) in [6, 6.07) is 0.817. The summed E-state index contributed by atoms with van der Waals surface area (Å²) in [4.78, 5) is 8.98. The average Bonchev–Trinajstić information content (AvgIpc) is 3.16. The largest absolute Gasteiger partial charge is 0.493 e. The Kier molecular flexibility index (Phi) is 3.38. The van der Waals surface area contributed by atoms with Crippen LogP contribution in [0.25, 0.3) is 6.01 Å². The van der Waals surface area contributed by atoms with E-state index in [1.54, 1.807) is 6.20 Å². The smallest absolute Gasteiger partial charge is 0.325 e. The van der Waals surface area contributed by atoms with Gasteiger partial charge in [-0.15, -0.1) is 4.68 Å². The Balaban J connectivity index is 1.56. The zero-order chi connectivity index (χ0) is 15.1. The van der Waals surface area contributed by atoms with Crippen LogP contribution in [0.2, 0.25) is 0 Å². The maximum absolute atomic E-state index is 10.5. The minimum Gasteiger partial charge on any atom is -0.493 e. The maximum atomic E-state index is 10.5. The third-order valence-electron chi connectivity index (χ3n) is 4.85. The van der Waals surface area contributed by atoms with Crippen LogP contribution in [-0.4, -0.2) is 68.9 Å². The van der Waals surface area contributed by atoms with Crippen molar-refractivity contribution in [1.82, 2.24) is 24.6 Å². The number of oxazole rings is 1. The second kappa shape index (κ2) is 5.40. The predicted octanol–water partition coefficient (Wildman–Crippen LogP) is 0.671. The molecule has 2 aromatic rings. The SMILES string of the molecule is CN1CCN(C2CCc3nn(-c4ncco4)c(O)c3C2)CC1. The minimum atomic E-state index is 0.177. The highest BCUT2D eigenvalue weighted by Crippen LogP contribution is 2.32. The lowest BCUT2D eigenvalue weighted by molar-refractivity contribution is 0.103. The fourth-order valence-corrected chi connectivity index (χ4v) is 3.49. The van der Waals surface area contributed by atoms with E-state index in [-0.39, 0.29) is 5.88 Å². The average molecular weight is 303 g/mol. The Labute approximate surface area is 129 Å². The second-order valence-corrected chi connectivity index (χ2v) is 6.21. The summed E-state index contributed by atoms with van der Waals surface area (Å²) >= 11 is 0. The summed E-state index contributed by atoms with van der Waals surface area (Å²) in [7, 11) is 2.17. The van der Waals surface area contributed by atoms with Gasteiger partial charge < -0.3 is 14.4 Å². The molecule has 118 valence electrons.